The first-order valence-electron chi connectivity index (χ1n) is 11.9. The monoisotopic (exact) mass is 491 g/mol. The van der Waals surface area contributed by atoms with E-state index < -0.39 is 30.2 Å². The van der Waals surface area contributed by atoms with Crippen LogP contribution in [0.1, 0.15) is 51.2 Å². The van der Waals surface area contributed by atoms with Crippen molar-refractivity contribution in [3.8, 4) is 0 Å². The van der Waals surface area contributed by atoms with Crippen molar-refractivity contribution in [2.45, 2.75) is 64.7 Å². The largest absolute Gasteiger partial charge is 0.444 e. The SMILES string of the molecule is CC(C)(C)OC(=O)NCc1ccc(CCC(=O)N2CCN(C(=O)CCC(=O)C(O)CO)CC2)cc1. The Kier molecular flexibility index (Phi) is 10.7. The van der Waals surface area contributed by atoms with Gasteiger partial charge in [0.05, 0.1) is 6.61 Å². The van der Waals surface area contributed by atoms with Gasteiger partial charge in [-0.15, -0.1) is 0 Å². The molecular weight excluding hydrogens is 454 g/mol. The molecule has 0 spiro atoms. The Hall–Kier alpha value is -2.98. The van der Waals surface area contributed by atoms with Gasteiger partial charge in [-0.1, -0.05) is 24.3 Å². The first-order chi connectivity index (χ1) is 16.5. The number of amides is 3. The van der Waals surface area contributed by atoms with Crippen LogP contribution in [0.4, 0.5) is 4.79 Å². The molecule has 0 aliphatic carbocycles. The molecule has 1 heterocycles. The predicted octanol–water partition coefficient (Wildman–Crippen LogP) is 1.02. The van der Waals surface area contributed by atoms with E-state index in [0.29, 0.717) is 45.6 Å². The minimum atomic E-state index is -1.44. The maximum Gasteiger partial charge on any atom is 0.407 e. The summed E-state index contributed by atoms with van der Waals surface area (Å²) in [5, 5.41) is 20.8. The molecular formula is C25H37N3O7. The number of rotatable bonds is 10. The molecule has 1 aromatic carbocycles. The van der Waals surface area contributed by atoms with E-state index in [4.69, 9.17) is 9.84 Å². The summed E-state index contributed by atoms with van der Waals surface area (Å²) in [5.41, 5.74) is 1.40. The topological polar surface area (TPSA) is 136 Å². The lowest BCUT2D eigenvalue weighted by Gasteiger charge is -2.35. The van der Waals surface area contributed by atoms with Crippen molar-refractivity contribution in [3.63, 3.8) is 0 Å². The molecule has 10 heteroatoms. The second-order valence-electron chi connectivity index (χ2n) is 9.60. The molecule has 0 saturated carbocycles. The molecule has 1 aliphatic rings. The third-order valence-electron chi connectivity index (χ3n) is 5.60. The number of alkyl carbamates (subject to hydrolysis) is 1. The molecule has 0 aromatic heterocycles. The molecule has 0 bridgehead atoms. The molecule has 35 heavy (non-hydrogen) atoms. The summed E-state index contributed by atoms with van der Waals surface area (Å²) in [6.45, 7) is 6.81. The summed E-state index contributed by atoms with van der Waals surface area (Å²) >= 11 is 0. The number of hydrogen-bond acceptors (Lipinski definition) is 7. The number of aryl methyl sites for hydroxylation is 1. The van der Waals surface area contributed by atoms with Gasteiger partial charge in [0.15, 0.2) is 5.78 Å². The van der Waals surface area contributed by atoms with Gasteiger partial charge in [-0.25, -0.2) is 4.79 Å². The number of ketones is 1. The molecule has 3 amide bonds. The van der Waals surface area contributed by atoms with Crippen molar-refractivity contribution in [1.29, 1.82) is 0 Å². The fourth-order valence-corrected chi connectivity index (χ4v) is 3.58. The molecule has 1 unspecified atom stereocenters. The zero-order valence-electron chi connectivity index (χ0n) is 20.8. The fourth-order valence-electron chi connectivity index (χ4n) is 3.58. The van der Waals surface area contributed by atoms with Crippen LogP contribution < -0.4 is 5.32 Å². The number of aliphatic hydroxyl groups is 2. The zero-order valence-corrected chi connectivity index (χ0v) is 20.8. The summed E-state index contributed by atoms with van der Waals surface area (Å²) in [5.74, 6) is -0.729. The second kappa shape index (κ2) is 13.2. The number of nitrogens with one attached hydrogen (secondary N) is 1. The third-order valence-corrected chi connectivity index (χ3v) is 5.60. The fraction of sp³-hybridized carbons (Fsp3) is 0.600. The molecule has 1 fully saturated rings. The zero-order chi connectivity index (χ0) is 26.0. The molecule has 1 atom stereocenters. The van der Waals surface area contributed by atoms with Crippen LogP contribution >= 0.6 is 0 Å². The van der Waals surface area contributed by atoms with Crippen molar-refractivity contribution < 1.29 is 34.1 Å². The number of Topliss-reactive ketones (excluding diaryl/α,β-unsaturated/α-hetero) is 1. The molecule has 194 valence electrons. The number of nitrogens with zero attached hydrogens (tertiary/aromatic N) is 2. The lowest BCUT2D eigenvalue weighted by Crippen LogP contribution is -2.50. The Morgan fingerprint density at radius 3 is 1.94 bits per heavy atom. The number of piperazine rings is 1. The number of hydrogen-bond donors (Lipinski definition) is 3. The highest BCUT2D eigenvalue weighted by Gasteiger charge is 2.25. The highest BCUT2D eigenvalue weighted by Crippen LogP contribution is 2.12. The number of benzene rings is 1. The minimum Gasteiger partial charge on any atom is -0.444 e. The van der Waals surface area contributed by atoms with E-state index in [-0.39, 0.29) is 24.7 Å². The predicted molar refractivity (Wildman–Crippen MR) is 128 cm³/mol. The Balaban J connectivity index is 1.69. The lowest BCUT2D eigenvalue weighted by molar-refractivity contribution is -0.140. The van der Waals surface area contributed by atoms with Gasteiger partial charge >= 0.3 is 6.09 Å². The summed E-state index contributed by atoms with van der Waals surface area (Å²) in [6, 6.07) is 7.69. The highest BCUT2D eigenvalue weighted by atomic mass is 16.6. The Morgan fingerprint density at radius 2 is 1.43 bits per heavy atom. The van der Waals surface area contributed by atoms with Crippen molar-refractivity contribution in [2.75, 3.05) is 32.8 Å². The molecule has 10 nitrogen and oxygen atoms in total. The van der Waals surface area contributed by atoms with Crippen molar-refractivity contribution in [3.05, 3.63) is 35.4 Å². The van der Waals surface area contributed by atoms with Crippen LogP contribution in [0.3, 0.4) is 0 Å². The maximum absolute atomic E-state index is 12.6. The van der Waals surface area contributed by atoms with Crippen molar-refractivity contribution in [2.24, 2.45) is 0 Å². The van der Waals surface area contributed by atoms with Gasteiger partial charge in [-0.3, -0.25) is 14.4 Å². The second-order valence-corrected chi connectivity index (χ2v) is 9.60. The van der Waals surface area contributed by atoms with Gasteiger partial charge in [0.1, 0.15) is 11.7 Å². The van der Waals surface area contributed by atoms with Crippen LogP contribution in [-0.2, 0) is 32.1 Å². The summed E-state index contributed by atoms with van der Waals surface area (Å²) < 4.78 is 5.21. The summed E-state index contributed by atoms with van der Waals surface area (Å²) in [7, 11) is 0. The standard InChI is InChI=1S/C25H37N3O7/c1-25(2,3)35-24(34)26-16-19-6-4-18(5-7-19)8-10-22(32)27-12-14-28(15-13-27)23(33)11-9-20(30)21(31)17-29/h4-7,21,29,31H,8-17H2,1-3H3,(H,26,34). The first kappa shape index (κ1) is 28.3. The van der Waals surface area contributed by atoms with Gasteiger partial charge in [0.25, 0.3) is 0 Å². The van der Waals surface area contributed by atoms with Gasteiger partial charge in [0.2, 0.25) is 11.8 Å². The Morgan fingerprint density at radius 1 is 0.914 bits per heavy atom. The van der Waals surface area contributed by atoms with Gasteiger partial charge < -0.3 is 30.1 Å². The lowest BCUT2D eigenvalue weighted by atomic mass is 10.1. The normalized spacial score (nSPS) is 14.9. The smallest absolute Gasteiger partial charge is 0.407 e. The van der Waals surface area contributed by atoms with Crippen LogP contribution in [0, 0.1) is 0 Å². The van der Waals surface area contributed by atoms with Crippen LogP contribution in [0.2, 0.25) is 0 Å². The molecule has 1 aliphatic heterocycles. The van der Waals surface area contributed by atoms with Gasteiger partial charge in [-0.2, -0.15) is 0 Å². The number of carbonyl (C=O) groups is 4. The van der Waals surface area contributed by atoms with Crippen molar-refractivity contribution >= 4 is 23.7 Å². The molecule has 2 rings (SSSR count). The molecule has 1 aromatic rings. The maximum atomic E-state index is 12.6. The van der Waals surface area contributed by atoms with Crippen LogP contribution in [-0.4, -0.2) is 88.2 Å². The highest BCUT2D eigenvalue weighted by molar-refractivity contribution is 5.87. The van der Waals surface area contributed by atoms with Gasteiger partial charge in [0, 0.05) is 52.0 Å². The van der Waals surface area contributed by atoms with E-state index in [1.165, 1.54) is 0 Å². The van der Waals surface area contributed by atoms with E-state index >= 15 is 0 Å². The summed E-state index contributed by atoms with van der Waals surface area (Å²) in [4.78, 5) is 51.5. The van der Waals surface area contributed by atoms with E-state index in [9.17, 15) is 24.3 Å². The van der Waals surface area contributed by atoms with Crippen LogP contribution in [0.5, 0.6) is 0 Å². The number of ether oxygens (including phenoxy) is 1. The average molecular weight is 492 g/mol. The summed E-state index contributed by atoms with van der Waals surface area (Å²) in [6.07, 6.45) is -1.10. The Bertz CT molecular complexity index is 872. The van der Waals surface area contributed by atoms with E-state index in [0.717, 1.165) is 11.1 Å². The van der Waals surface area contributed by atoms with Crippen LogP contribution in [0.25, 0.3) is 0 Å². The van der Waals surface area contributed by atoms with Gasteiger partial charge in [-0.05, 0) is 38.3 Å². The van der Waals surface area contributed by atoms with E-state index in [1.807, 2.05) is 24.3 Å². The third kappa shape index (κ3) is 10.0. The number of aliphatic hydroxyl groups excluding tert-OH is 2. The number of carbonyl (C=O) groups excluding carboxylic acids is 4. The van der Waals surface area contributed by atoms with E-state index in [2.05, 4.69) is 5.32 Å². The molecule has 0 radical (unpaired) electrons. The first-order valence-corrected chi connectivity index (χ1v) is 11.9. The quantitative estimate of drug-likeness (QED) is 0.444. The van der Waals surface area contributed by atoms with E-state index in [1.54, 1.807) is 30.6 Å². The molecule has 3 N–H and O–H groups in total. The molecule has 1 saturated heterocycles. The average Bonchev–Trinajstić information content (AvgIpc) is 2.83. The minimum absolute atomic E-state index is 0.0207. The van der Waals surface area contributed by atoms with Crippen LogP contribution in [0.15, 0.2) is 24.3 Å². The van der Waals surface area contributed by atoms with Crippen molar-refractivity contribution in [1.82, 2.24) is 15.1 Å². The Labute approximate surface area is 206 Å².